The van der Waals surface area contributed by atoms with Crippen LogP contribution in [0.2, 0.25) is 0 Å². The highest BCUT2D eigenvalue weighted by molar-refractivity contribution is 7.89. The van der Waals surface area contributed by atoms with Crippen molar-refractivity contribution in [3.05, 3.63) is 23.8 Å². The average molecular weight is 309 g/mol. The van der Waals surface area contributed by atoms with Crippen LogP contribution in [-0.2, 0) is 16.4 Å². The van der Waals surface area contributed by atoms with Crippen molar-refractivity contribution in [3.8, 4) is 0 Å². The van der Waals surface area contributed by atoms with Gasteiger partial charge in [0.1, 0.15) is 0 Å². The van der Waals surface area contributed by atoms with E-state index in [0.29, 0.717) is 17.4 Å². The molecule has 2 aliphatic heterocycles. The van der Waals surface area contributed by atoms with Crippen LogP contribution in [0.5, 0.6) is 0 Å². The summed E-state index contributed by atoms with van der Waals surface area (Å²) in [5.74, 6) is 0.436. The van der Waals surface area contributed by atoms with Crippen molar-refractivity contribution in [2.24, 2.45) is 5.92 Å². The summed E-state index contributed by atoms with van der Waals surface area (Å²) in [6, 6.07) is 5.41. The standard InChI is InChI=1S/C15H23N3O2S/c1-17-8-6-12(10-17)11-18(2)21(19,20)14-3-4-15-13(9-14)5-7-16-15/h3-4,9,12,16H,5-8,10-11H2,1-2H3. The van der Waals surface area contributed by atoms with E-state index < -0.39 is 10.0 Å². The van der Waals surface area contributed by atoms with Gasteiger partial charge in [0.05, 0.1) is 4.90 Å². The Kier molecular flexibility index (Phi) is 3.94. The van der Waals surface area contributed by atoms with Gasteiger partial charge in [0.15, 0.2) is 0 Å². The molecule has 21 heavy (non-hydrogen) atoms. The number of nitrogens with one attached hydrogen (secondary N) is 1. The van der Waals surface area contributed by atoms with Crippen molar-refractivity contribution in [3.63, 3.8) is 0 Å². The van der Waals surface area contributed by atoms with E-state index in [-0.39, 0.29) is 0 Å². The molecule has 6 heteroatoms. The lowest BCUT2D eigenvalue weighted by Gasteiger charge is -2.21. The Labute approximate surface area is 127 Å². The lowest BCUT2D eigenvalue weighted by atomic mass is 10.1. The summed E-state index contributed by atoms with van der Waals surface area (Å²) >= 11 is 0. The molecular weight excluding hydrogens is 286 g/mol. The average Bonchev–Trinajstić information content (AvgIpc) is 3.06. The lowest BCUT2D eigenvalue weighted by Crippen LogP contribution is -2.32. The molecule has 0 aromatic heterocycles. The molecule has 0 spiro atoms. The molecule has 5 nitrogen and oxygen atoms in total. The van der Waals surface area contributed by atoms with Gasteiger partial charge >= 0.3 is 0 Å². The van der Waals surface area contributed by atoms with E-state index in [1.165, 1.54) is 4.31 Å². The Balaban J connectivity index is 1.76. The van der Waals surface area contributed by atoms with Gasteiger partial charge in [-0.1, -0.05) is 0 Å². The zero-order chi connectivity index (χ0) is 15.0. The van der Waals surface area contributed by atoms with E-state index >= 15 is 0 Å². The fourth-order valence-corrected chi connectivity index (χ4v) is 4.56. The van der Waals surface area contributed by atoms with Gasteiger partial charge in [-0.3, -0.25) is 0 Å². The largest absolute Gasteiger partial charge is 0.384 e. The molecule has 1 N–H and O–H groups in total. The molecule has 2 aliphatic rings. The Bertz CT molecular complexity index is 630. The third-order valence-corrected chi connectivity index (χ3v) is 6.32. The Morgan fingerprint density at radius 1 is 1.43 bits per heavy atom. The second-order valence-corrected chi connectivity index (χ2v) is 8.24. The van der Waals surface area contributed by atoms with E-state index in [9.17, 15) is 8.42 Å². The van der Waals surface area contributed by atoms with Crippen LogP contribution >= 0.6 is 0 Å². The number of benzene rings is 1. The van der Waals surface area contributed by atoms with Gasteiger partial charge in [0.2, 0.25) is 10.0 Å². The quantitative estimate of drug-likeness (QED) is 0.909. The fraction of sp³-hybridized carbons (Fsp3) is 0.600. The van der Waals surface area contributed by atoms with Crippen LogP contribution in [0.15, 0.2) is 23.1 Å². The number of fused-ring (bicyclic) bond motifs is 1. The normalized spacial score (nSPS) is 22.5. The molecule has 2 heterocycles. The minimum absolute atomic E-state index is 0.416. The summed E-state index contributed by atoms with van der Waals surface area (Å²) in [7, 11) is 0.400. The van der Waals surface area contributed by atoms with Crippen molar-refractivity contribution >= 4 is 15.7 Å². The smallest absolute Gasteiger partial charge is 0.242 e. The van der Waals surface area contributed by atoms with Gasteiger partial charge in [0, 0.05) is 32.4 Å². The predicted molar refractivity (Wildman–Crippen MR) is 84.1 cm³/mol. The number of anilines is 1. The third-order valence-electron chi connectivity index (χ3n) is 4.50. The zero-order valence-electron chi connectivity index (χ0n) is 12.7. The van der Waals surface area contributed by atoms with Gasteiger partial charge in [0.25, 0.3) is 0 Å². The number of nitrogens with zero attached hydrogens (tertiary/aromatic N) is 2. The summed E-state index contributed by atoms with van der Waals surface area (Å²) in [4.78, 5) is 2.67. The fourth-order valence-electron chi connectivity index (χ4n) is 3.26. The monoisotopic (exact) mass is 309 g/mol. The first-order valence-corrected chi connectivity index (χ1v) is 8.92. The number of hydrogen-bond donors (Lipinski definition) is 1. The Morgan fingerprint density at radius 3 is 2.95 bits per heavy atom. The van der Waals surface area contributed by atoms with Gasteiger partial charge < -0.3 is 10.2 Å². The van der Waals surface area contributed by atoms with Crippen LogP contribution in [-0.4, -0.2) is 57.9 Å². The minimum atomic E-state index is -3.38. The molecule has 1 atom stereocenters. The SMILES string of the molecule is CN1CCC(CN(C)S(=O)(=O)c2ccc3c(c2)CCN3)C1. The number of hydrogen-bond acceptors (Lipinski definition) is 4. The molecule has 0 amide bonds. The molecule has 1 aromatic rings. The molecule has 1 fully saturated rings. The van der Waals surface area contributed by atoms with Gasteiger partial charge in [-0.25, -0.2) is 12.7 Å². The summed E-state index contributed by atoms with van der Waals surface area (Å²) < 4.78 is 26.9. The van der Waals surface area contributed by atoms with Gasteiger partial charge in [-0.15, -0.1) is 0 Å². The van der Waals surface area contributed by atoms with E-state index in [4.69, 9.17) is 0 Å². The topological polar surface area (TPSA) is 52.7 Å². The van der Waals surface area contributed by atoms with Crippen LogP contribution in [0.4, 0.5) is 5.69 Å². The number of likely N-dealkylation sites (tertiary alicyclic amines) is 1. The number of sulfonamides is 1. The van der Waals surface area contributed by atoms with E-state index in [2.05, 4.69) is 17.3 Å². The number of rotatable bonds is 4. The zero-order valence-corrected chi connectivity index (χ0v) is 13.5. The lowest BCUT2D eigenvalue weighted by molar-refractivity contribution is 0.357. The molecule has 0 bridgehead atoms. The molecule has 3 rings (SSSR count). The van der Waals surface area contributed by atoms with E-state index in [1.807, 2.05) is 12.1 Å². The highest BCUT2D eigenvalue weighted by Crippen LogP contribution is 2.27. The maximum atomic E-state index is 12.7. The van der Waals surface area contributed by atoms with Gasteiger partial charge in [-0.2, -0.15) is 0 Å². The molecule has 0 radical (unpaired) electrons. The first-order valence-electron chi connectivity index (χ1n) is 7.48. The van der Waals surface area contributed by atoms with Crippen LogP contribution < -0.4 is 5.32 Å². The minimum Gasteiger partial charge on any atom is -0.384 e. The maximum absolute atomic E-state index is 12.7. The molecule has 116 valence electrons. The van der Waals surface area contributed by atoms with Crippen LogP contribution in [0.3, 0.4) is 0 Å². The van der Waals surface area contributed by atoms with Crippen LogP contribution in [0, 0.1) is 5.92 Å². The first kappa shape index (κ1) is 14.8. The molecule has 1 aromatic carbocycles. The molecule has 0 aliphatic carbocycles. The maximum Gasteiger partial charge on any atom is 0.242 e. The summed E-state index contributed by atoms with van der Waals surface area (Å²) in [5, 5.41) is 3.26. The highest BCUT2D eigenvalue weighted by Gasteiger charge is 2.27. The second kappa shape index (κ2) is 5.59. The molecule has 0 saturated carbocycles. The van der Waals surface area contributed by atoms with Crippen molar-refractivity contribution in [2.45, 2.75) is 17.7 Å². The van der Waals surface area contributed by atoms with Crippen molar-refractivity contribution in [1.29, 1.82) is 0 Å². The van der Waals surface area contributed by atoms with Crippen LogP contribution in [0.25, 0.3) is 0 Å². The second-order valence-electron chi connectivity index (χ2n) is 6.20. The van der Waals surface area contributed by atoms with E-state index in [1.54, 1.807) is 13.1 Å². The highest BCUT2D eigenvalue weighted by atomic mass is 32.2. The van der Waals surface area contributed by atoms with Crippen molar-refractivity contribution in [1.82, 2.24) is 9.21 Å². The summed E-state index contributed by atoms with van der Waals surface area (Å²) in [6.07, 6.45) is 1.97. The Hall–Kier alpha value is -1.11. The predicted octanol–water partition coefficient (Wildman–Crippen LogP) is 1.23. The molecule has 1 unspecified atom stereocenters. The van der Waals surface area contributed by atoms with Gasteiger partial charge in [-0.05, 0) is 56.1 Å². The van der Waals surface area contributed by atoms with E-state index in [0.717, 1.165) is 43.7 Å². The molecular formula is C15H23N3O2S. The van der Waals surface area contributed by atoms with Crippen molar-refractivity contribution in [2.75, 3.05) is 45.6 Å². The molecule has 1 saturated heterocycles. The van der Waals surface area contributed by atoms with Crippen molar-refractivity contribution < 1.29 is 8.42 Å². The third kappa shape index (κ3) is 2.93. The first-order chi connectivity index (χ1) is 9.96. The summed E-state index contributed by atoms with van der Waals surface area (Å²) in [6.45, 7) is 3.53. The van der Waals surface area contributed by atoms with Crippen LogP contribution in [0.1, 0.15) is 12.0 Å². The Morgan fingerprint density at radius 2 is 2.24 bits per heavy atom. The summed E-state index contributed by atoms with van der Waals surface area (Å²) in [5.41, 5.74) is 2.17.